The van der Waals surface area contributed by atoms with Crippen LogP contribution in [0.15, 0.2) is 24.3 Å². The van der Waals surface area contributed by atoms with Gasteiger partial charge in [0.2, 0.25) is 5.91 Å². The average molecular weight is 216 g/mol. The number of hydrogen-bond donors (Lipinski definition) is 1. The Kier molecular flexibility index (Phi) is 2.13. The first-order valence-electron chi connectivity index (χ1n) is 5.89. The molecule has 1 saturated carbocycles. The number of carbonyl (C=O) groups is 1. The van der Waals surface area contributed by atoms with Crippen LogP contribution in [0.1, 0.15) is 18.4 Å². The number of rotatable bonds is 3. The van der Waals surface area contributed by atoms with E-state index < -0.39 is 0 Å². The number of nitrogen functional groups attached to an aromatic ring is 1. The molecule has 84 valence electrons. The highest BCUT2D eigenvalue weighted by molar-refractivity contribution is 5.84. The summed E-state index contributed by atoms with van der Waals surface area (Å²) in [4.78, 5) is 13.8. The van der Waals surface area contributed by atoms with Crippen LogP contribution in [0.3, 0.4) is 0 Å². The van der Waals surface area contributed by atoms with Gasteiger partial charge in [0.05, 0.1) is 0 Å². The zero-order valence-corrected chi connectivity index (χ0v) is 9.23. The van der Waals surface area contributed by atoms with E-state index in [1.807, 2.05) is 24.3 Å². The molecule has 0 spiro atoms. The van der Waals surface area contributed by atoms with Crippen LogP contribution >= 0.6 is 0 Å². The number of benzene rings is 1. The largest absolute Gasteiger partial charge is 0.399 e. The maximum Gasteiger partial charge on any atom is 0.226 e. The van der Waals surface area contributed by atoms with E-state index in [1.165, 1.54) is 5.56 Å². The monoisotopic (exact) mass is 216 g/mol. The van der Waals surface area contributed by atoms with Gasteiger partial charge in [-0.2, -0.15) is 0 Å². The Hall–Kier alpha value is -1.51. The van der Waals surface area contributed by atoms with Crippen LogP contribution in [-0.4, -0.2) is 23.4 Å². The molecule has 3 fully saturated rings. The molecule has 2 aliphatic heterocycles. The van der Waals surface area contributed by atoms with Crippen molar-refractivity contribution >= 4 is 11.6 Å². The minimum Gasteiger partial charge on any atom is -0.399 e. The molecule has 2 bridgehead atoms. The van der Waals surface area contributed by atoms with Crippen LogP contribution in [0.5, 0.6) is 0 Å². The molecule has 0 unspecified atom stereocenters. The lowest BCUT2D eigenvalue weighted by molar-refractivity contribution is -0.128. The van der Waals surface area contributed by atoms with Crippen molar-refractivity contribution in [1.29, 1.82) is 0 Å². The van der Waals surface area contributed by atoms with Crippen molar-refractivity contribution in [2.24, 2.45) is 5.92 Å². The summed E-state index contributed by atoms with van der Waals surface area (Å²) in [6.07, 6.45) is 3.14. The molecule has 2 heterocycles. The highest BCUT2D eigenvalue weighted by Gasteiger charge is 2.49. The van der Waals surface area contributed by atoms with E-state index in [-0.39, 0.29) is 0 Å². The van der Waals surface area contributed by atoms with Crippen LogP contribution in [0.2, 0.25) is 0 Å². The van der Waals surface area contributed by atoms with Gasteiger partial charge in [-0.1, -0.05) is 12.1 Å². The van der Waals surface area contributed by atoms with Gasteiger partial charge in [-0.15, -0.1) is 0 Å². The Balaban J connectivity index is 1.60. The number of carbonyl (C=O) groups excluding carboxylic acids is 1. The number of nitrogens with two attached hydrogens (primary N) is 1. The quantitative estimate of drug-likeness (QED) is 0.777. The molecule has 2 N–H and O–H groups in total. The second-order valence-corrected chi connectivity index (χ2v) is 4.85. The van der Waals surface area contributed by atoms with Crippen LogP contribution in [0.25, 0.3) is 0 Å². The SMILES string of the molecule is Nc1ccc(CCN2C(=O)C3CC2C3)cc1. The summed E-state index contributed by atoms with van der Waals surface area (Å²) in [5.74, 6) is 0.733. The number of fused-ring (bicyclic) bond motifs is 1. The van der Waals surface area contributed by atoms with Gasteiger partial charge < -0.3 is 10.6 Å². The Bertz CT molecular complexity index is 406. The third kappa shape index (κ3) is 1.47. The van der Waals surface area contributed by atoms with Crippen molar-refractivity contribution < 1.29 is 4.79 Å². The lowest BCUT2D eigenvalue weighted by Gasteiger charge is -2.24. The summed E-state index contributed by atoms with van der Waals surface area (Å²) in [5, 5.41) is 0. The molecular weight excluding hydrogens is 200 g/mol. The Morgan fingerprint density at radius 2 is 1.94 bits per heavy atom. The molecule has 4 rings (SSSR count). The Labute approximate surface area is 95.2 Å². The maximum absolute atomic E-state index is 11.7. The fourth-order valence-electron chi connectivity index (χ4n) is 2.69. The van der Waals surface area contributed by atoms with Gasteiger partial charge in [0.15, 0.2) is 0 Å². The molecule has 16 heavy (non-hydrogen) atoms. The van der Waals surface area contributed by atoms with Crippen LogP contribution in [-0.2, 0) is 11.2 Å². The molecule has 1 aliphatic carbocycles. The first-order valence-corrected chi connectivity index (χ1v) is 5.89. The Morgan fingerprint density at radius 3 is 2.50 bits per heavy atom. The van der Waals surface area contributed by atoms with Crippen molar-refractivity contribution in [3.63, 3.8) is 0 Å². The molecule has 1 aromatic carbocycles. The summed E-state index contributed by atoms with van der Waals surface area (Å²) in [5.41, 5.74) is 7.68. The highest BCUT2D eigenvalue weighted by atomic mass is 16.2. The number of anilines is 1. The molecule has 0 radical (unpaired) electrons. The van der Waals surface area contributed by atoms with Crippen LogP contribution < -0.4 is 5.73 Å². The number of hydrogen-bond acceptors (Lipinski definition) is 2. The predicted octanol–water partition coefficient (Wildman–Crippen LogP) is 1.43. The molecule has 3 heteroatoms. The number of amides is 1. The van der Waals surface area contributed by atoms with E-state index >= 15 is 0 Å². The van der Waals surface area contributed by atoms with Crippen molar-refractivity contribution in [3.8, 4) is 0 Å². The third-order valence-corrected chi connectivity index (χ3v) is 3.81. The lowest BCUT2D eigenvalue weighted by atomic mass is 9.86. The van der Waals surface area contributed by atoms with Gasteiger partial charge in [0, 0.05) is 24.2 Å². The van der Waals surface area contributed by atoms with E-state index in [0.717, 1.165) is 31.5 Å². The molecule has 1 amide bonds. The van der Waals surface area contributed by atoms with Crippen molar-refractivity contribution in [2.75, 3.05) is 12.3 Å². The zero-order valence-electron chi connectivity index (χ0n) is 9.23. The molecule has 1 aromatic rings. The molecule has 3 aliphatic rings. The predicted molar refractivity (Wildman–Crippen MR) is 62.8 cm³/mol. The fraction of sp³-hybridized carbons (Fsp3) is 0.462. The summed E-state index contributed by atoms with van der Waals surface area (Å²) < 4.78 is 0. The van der Waals surface area contributed by atoms with Gasteiger partial charge in [-0.3, -0.25) is 4.79 Å². The molecule has 3 nitrogen and oxygen atoms in total. The second-order valence-electron chi connectivity index (χ2n) is 4.85. The average Bonchev–Trinajstić information content (AvgIpc) is 2.67. The fourth-order valence-corrected chi connectivity index (χ4v) is 2.69. The summed E-state index contributed by atoms with van der Waals surface area (Å²) in [6, 6.07) is 8.47. The van der Waals surface area contributed by atoms with Gasteiger partial charge in [0.25, 0.3) is 0 Å². The van der Waals surface area contributed by atoms with Crippen LogP contribution in [0, 0.1) is 5.92 Å². The van der Waals surface area contributed by atoms with E-state index in [4.69, 9.17) is 5.73 Å². The van der Waals surface area contributed by atoms with Crippen LogP contribution in [0.4, 0.5) is 5.69 Å². The topological polar surface area (TPSA) is 46.3 Å². The number of nitrogens with zero attached hydrogens (tertiary/aromatic N) is 1. The van der Waals surface area contributed by atoms with E-state index in [2.05, 4.69) is 4.90 Å². The molecule has 0 aromatic heterocycles. The minimum absolute atomic E-state index is 0.358. The Morgan fingerprint density at radius 1 is 1.25 bits per heavy atom. The van der Waals surface area contributed by atoms with E-state index in [0.29, 0.717) is 17.9 Å². The van der Waals surface area contributed by atoms with Gasteiger partial charge in [-0.25, -0.2) is 0 Å². The van der Waals surface area contributed by atoms with Gasteiger partial charge >= 0.3 is 0 Å². The molecule has 0 atom stereocenters. The lowest BCUT2D eigenvalue weighted by Crippen LogP contribution is -2.31. The third-order valence-electron chi connectivity index (χ3n) is 3.81. The van der Waals surface area contributed by atoms with Crippen molar-refractivity contribution in [1.82, 2.24) is 4.90 Å². The second kappa shape index (κ2) is 3.51. The summed E-state index contributed by atoms with van der Waals surface area (Å²) in [7, 11) is 0. The molecule has 2 saturated heterocycles. The normalized spacial score (nSPS) is 27.0. The molecular formula is C13H16N2O. The van der Waals surface area contributed by atoms with Crippen molar-refractivity contribution in [3.05, 3.63) is 29.8 Å². The van der Waals surface area contributed by atoms with Gasteiger partial charge in [-0.05, 0) is 37.0 Å². The van der Waals surface area contributed by atoms with Crippen molar-refractivity contribution in [2.45, 2.75) is 25.3 Å². The first kappa shape index (κ1) is 9.70. The minimum atomic E-state index is 0.358. The van der Waals surface area contributed by atoms with Gasteiger partial charge in [0.1, 0.15) is 0 Å². The highest BCUT2D eigenvalue weighted by Crippen LogP contribution is 2.41. The van der Waals surface area contributed by atoms with E-state index in [1.54, 1.807) is 0 Å². The summed E-state index contributed by atoms with van der Waals surface area (Å²) in [6.45, 7) is 0.865. The summed E-state index contributed by atoms with van der Waals surface area (Å²) >= 11 is 0. The smallest absolute Gasteiger partial charge is 0.226 e. The standard InChI is InChI=1S/C13H16N2O/c14-11-3-1-9(2-4-11)5-6-15-12-7-10(8-12)13(15)16/h1-4,10,12H,5-8,14H2. The zero-order chi connectivity index (χ0) is 11.1. The van der Waals surface area contributed by atoms with E-state index in [9.17, 15) is 4.79 Å². The first-order chi connectivity index (χ1) is 7.74. The maximum atomic E-state index is 11.7.